The number of ether oxygens (including phenoxy) is 2. The lowest BCUT2D eigenvalue weighted by Gasteiger charge is -2.47. The van der Waals surface area contributed by atoms with E-state index in [1.165, 1.54) is 37.2 Å². The van der Waals surface area contributed by atoms with E-state index in [1.807, 2.05) is 38.1 Å². The van der Waals surface area contributed by atoms with Gasteiger partial charge in [0, 0.05) is 11.1 Å². The quantitative estimate of drug-likeness (QED) is 0.166. The second-order valence-corrected chi connectivity index (χ2v) is 9.68. The molecule has 2 unspecified atom stereocenters. The molecule has 4 aromatic heterocycles. The Labute approximate surface area is 241 Å². The van der Waals surface area contributed by atoms with Gasteiger partial charge in [0.15, 0.2) is 11.5 Å². The molecule has 0 aliphatic rings. The van der Waals surface area contributed by atoms with E-state index in [0.29, 0.717) is 11.1 Å². The molecule has 8 heteroatoms. The van der Waals surface area contributed by atoms with Crippen molar-refractivity contribution in [3.05, 3.63) is 167 Å². The Bertz CT molecular complexity index is 1650. The molecule has 6 rings (SSSR count). The maximum atomic E-state index is 14.0. The van der Waals surface area contributed by atoms with Gasteiger partial charge < -0.3 is 27.1 Å². The summed E-state index contributed by atoms with van der Waals surface area (Å²) in [6.07, 6.45) is 5.67. The molecule has 210 valence electrons. The Morgan fingerprint density at radius 3 is 1.21 bits per heavy atom. The third-order valence-corrected chi connectivity index (χ3v) is 7.22. The van der Waals surface area contributed by atoms with Crippen LogP contribution in [0, 0.1) is 13.8 Å². The van der Waals surface area contributed by atoms with Gasteiger partial charge in [0.05, 0.1) is 25.1 Å². The summed E-state index contributed by atoms with van der Waals surface area (Å²) in [4.78, 5) is 28.0. The molecule has 0 fully saturated rings. The standard InChI is InChI=1S/C34H26O8/c1-23-11-3-5-13-25(23)33(29-17-9-21-39-29,41-31(35)27-15-7-19-37-27)34(30-18-10-22-40-30,26-14-6-4-12-24(26)2)42-32(36)28-16-8-20-38-28/h3-22H,1-2H3. The number of furan rings is 4. The van der Waals surface area contributed by atoms with Crippen LogP contribution in [-0.4, -0.2) is 11.9 Å². The van der Waals surface area contributed by atoms with E-state index in [4.69, 9.17) is 27.1 Å². The van der Waals surface area contributed by atoms with Crippen molar-refractivity contribution in [2.45, 2.75) is 25.0 Å². The molecule has 0 bridgehead atoms. The number of aryl methyl sites for hydroxylation is 2. The molecule has 0 saturated carbocycles. The lowest BCUT2D eigenvalue weighted by atomic mass is 9.67. The third kappa shape index (κ3) is 4.25. The van der Waals surface area contributed by atoms with Crippen molar-refractivity contribution in [1.29, 1.82) is 0 Å². The monoisotopic (exact) mass is 562 g/mol. The van der Waals surface area contributed by atoms with E-state index in [9.17, 15) is 9.59 Å². The van der Waals surface area contributed by atoms with Gasteiger partial charge in [-0.2, -0.15) is 0 Å². The van der Waals surface area contributed by atoms with Crippen molar-refractivity contribution in [3.8, 4) is 0 Å². The first-order chi connectivity index (χ1) is 20.5. The lowest BCUT2D eigenvalue weighted by Crippen LogP contribution is -2.56. The second-order valence-electron chi connectivity index (χ2n) is 9.68. The molecule has 0 saturated heterocycles. The lowest BCUT2D eigenvalue weighted by molar-refractivity contribution is -0.147. The summed E-state index contributed by atoms with van der Waals surface area (Å²) in [6, 6.07) is 27.5. The van der Waals surface area contributed by atoms with Gasteiger partial charge in [-0.25, -0.2) is 9.59 Å². The molecule has 0 N–H and O–H groups in total. The molecule has 0 spiro atoms. The number of carbonyl (C=O) groups is 2. The highest BCUT2D eigenvalue weighted by Gasteiger charge is 2.67. The van der Waals surface area contributed by atoms with Crippen LogP contribution in [0.25, 0.3) is 0 Å². The first-order valence-electron chi connectivity index (χ1n) is 13.2. The maximum Gasteiger partial charge on any atom is 0.375 e. The summed E-state index contributed by atoms with van der Waals surface area (Å²) in [5.74, 6) is -1.42. The molecular formula is C34H26O8. The van der Waals surface area contributed by atoms with Crippen LogP contribution in [0.4, 0.5) is 0 Å². The van der Waals surface area contributed by atoms with Gasteiger partial charge in [0.25, 0.3) is 0 Å². The third-order valence-electron chi connectivity index (χ3n) is 7.22. The van der Waals surface area contributed by atoms with Crippen molar-refractivity contribution < 1.29 is 36.7 Å². The molecule has 0 amide bonds. The molecule has 0 aliphatic heterocycles. The zero-order chi connectivity index (χ0) is 29.2. The van der Waals surface area contributed by atoms with Crippen LogP contribution < -0.4 is 0 Å². The molecule has 2 atom stereocenters. The first kappa shape index (κ1) is 26.7. The van der Waals surface area contributed by atoms with Gasteiger partial charge in [-0.15, -0.1) is 0 Å². The maximum absolute atomic E-state index is 14.0. The van der Waals surface area contributed by atoms with E-state index in [2.05, 4.69) is 0 Å². The summed E-state index contributed by atoms with van der Waals surface area (Å²) in [5, 5.41) is 0. The largest absolute Gasteiger partial charge is 0.464 e. The molecule has 4 heterocycles. The molecule has 42 heavy (non-hydrogen) atoms. The van der Waals surface area contributed by atoms with Gasteiger partial charge in [0.2, 0.25) is 22.7 Å². The highest BCUT2D eigenvalue weighted by Crippen LogP contribution is 2.57. The minimum atomic E-state index is -2.00. The number of hydrogen-bond donors (Lipinski definition) is 0. The average molecular weight is 563 g/mol. The fourth-order valence-electron chi connectivity index (χ4n) is 5.41. The van der Waals surface area contributed by atoms with Crippen LogP contribution in [0.2, 0.25) is 0 Å². The topological polar surface area (TPSA) is 105 Å². The van der Waals surface area contributed by atoms with Gasteiger partial charge in [-0.05, 0) is 73.5 Å². The zero-order valence-electron chi connectivity index (χ0n) is 22.8. The van der Waals surface area contributed by atoms with Crippen molar-refractivity contribution >= 4 is 11.9 Å². The van der Waals surface area contributed by atoms with Crippen LogP contribution in [-0.2, 0) is 20.7 Å². The number of carbonyl (C=O) groups excluding carboxylic acids is 2. The van der Waals surface area contributed by atoms with E-state index < -0.39 is 23.1 Å². The summed E-state index contributed by atoms with van der Waals surface area (Å²) in [5.41, 5.74) is -1.60. The SMILES string of the molecule is Cc1ccccc1C(OC(=O)c1ccco1)(c1ccco1)C(OC(=O)c1ccco1)(c1ccco1)c1ccccc1C. The van der Waals surface area contributed by atoms with Crippen LogP contribution >= 0.6 is 0 Å². The predicted molar refractivity (Wildman–Crippen MR) is 150 cm³/mol. The van der Waals surface area contributed by atoms with Gasteiger partial charge in [-0.1, -0.05) is 48.5 Å². The van der Waals surface area contributed by atoms with Crippen LogP contribution in [0.15, 0.2) is 140 Å². The Morgan fingerprint density at radius 2 is 0.881 bits per heavy atom. The molecular weight excluding hydrogens is 536 g/mol. The van der Waals surface area contributed by atoms with Crippen molar-refractivity contribution in [2.24, 2.45) is 0 Å². The van der Waals surface area contributed by atoms with E-state index in [1.54, 1.807) is 60.7 Å². The van der Waals surface area contributed by atoms with E-state index in [0.717, 1.165) is 11.1 Å². The minimum Gasteiger partial charge on any atom is -0.464 e. The summed E-state index contributed by atoms with van der Waals surface area (Å²) < 4.78 is 36.3. The smallest absolute Gasteiger partial charge is 0.375 e. The number of hydrogen-bond acceptors (Lipinski definition) is 8. The molecule has 6 aromatic rings. The Kier molecular flexibility index (Phi) is 6.88. The first-order valence-corrected chi connectivity index (χ1v) is 13.2. The Morgan fingerprint density at radius 1 is 0.500 bits per heavy atom. The van der Waals surface area contributed by atoms with E-state index >= 15 is 0 Å². The minimum absolute atomic E-state index is 0.0602. The fourth-order valence-corrected chi connectivity index (χ4v) is 5.41. The number of benzene rings is 2. The van der Waals surface area contributed by atoms with Gasteiger partial charge in [0.1, 0.15) is 0 Å². The molecule has 2 aromatic carbocycles. The van der Waals surface area contributed by atoms with Gasteiger partial charge >= 0.3 is 11.9 Å². The zero-order valence-corrected chi connectivity index (χ0v) is 22.8. The van der Waals surface area contributed by atoms with Crippen LogP contribution in [0.1, 0.15) is 54.9 Å². The predicted octanol–water partition coefficient (Wildman–Crippen LogP) is 7.58. The highest BCUT2D eigenvalue weighted by atomic mass is 16.6. The number of esters is 2. The van der Waals surface area contributed by atoms with Crippen LogP contribution in [0.5, 0.6) is 0 Å². The van der Waals surface area contributed by atoms with Crippen LogP contribution in [0.3, 0.4) is 0 Å². The van der Waals surface area contributed by atoms with Crippen molar-refractivity contribution in [3.63, 3.8) is 0 Å². The normalized spacial score (nSPS) is 14.0. The summed E-state index contributed by atoms with van der Waals surface area (Å²) in [7, 11) is 0. The van der Waals surface area contributed by atoms with Crippen molar-refractivity contribution in [1.82, 2.24) is 0 Å². The average Bonchev–Trinajstić information content (AvgIpc) is 3.84. The molecule has 0 radical (unpaired) electrons. The molecule has 0 aliphatic carbocycles. The second kappa shape index (κ2) is 10.8. The van der Waals surface area contributed by atoms with Crippen molar-refractivity contribution in [2.75, 3.05) is 0 Å². The fraction of sp³-hybridized carbons (Fsp3) is 0.118. The Balaban J connectivity index is 1.79. The van der Waals surface area contributed by atoms with E-state index in [-0.39, 0.29) is 23.0 Å². The highest BCUT2D eigenvalue weighted by molar-refractivity contribution is 5.88. The summed E-state index contributed by atoms with van der Waals surface area (Å²) >= 11 is 0. The number of rotatable bonds is 9. The van der Waals surface area contributed by atoms with Gasteiger partial charge in [-0.3, -0.25) is 0 Å². The Hall–Kier alpha value is -5.50. The molecule has 8 nitrogen and oxygen atoms in total. The summed E-state index contributed by atoms with van der Waals surface area (Å²) in [6.45, 7) is 3.74.